The summed E-state index contributed by atoms with van der Waals surface area (Å²) in [6.07, 6.45) is 0.822. The first-order valence-corrected chi connectivity index (χ1v) is 9.55. The summed E-state index contributed by atoms with van der Waals surface area (Å²) in [5.41, 5.74) is 0.388. The van der Waals surface area contributed by atoms with E-state index in [2.05, 4.69) is 0 Å². The molecule has 2 atom stereocenters. The molecule has 1 unspecified atom stereocenters. The molecule has 2 aromatic rings. The van der Waals surface area contributed by atoms with Crippen LogP contribution in [0.4, 0.5) is 13.6 Å². The minimum Gasteiger partial charge on any atom is -0.438 e. The lowest BCUT2D eigenvalue weighted by Crippen LogP contribution is -2.48. The van der Waals surface area contributed by atoms with Crippen molar-refractivity contribution in [2.24, 2.45) is 0 Å². The number of ether oxygens (including phenoxy) is 1. The molecule has 1 aliphatic rings. The van der Waals surface area contributed by atoms with E-state index in [4.69, 9.17) is 16.3 Å². The summed E-state index contributed by atoms with van der Waals surface area (Å²) >= 11 is 5.74. The average Bonchev–Trinajstić information content (AvgIpc) is 2.68. The zero-order chi connectivity index (χ0) is 20.3. The maximum absolute atomic E-state index is 13.8. The molecule has 28 heavy (non-hydrogen) atoms. The fourth-order valence-corrected chi connectivity index (χ4v) is 3.73. The van der Waals surface area contributed by atoms with Gasteiger partial charge in [-0.2, -0.15) is 0 Å². The van der Waals surface area contributed by atoms with Gasteiger partial charge in [-0.25, -0.2) is 13.6 Å². The van der Waals surface area contributed by atoms with Crippen LogP contribution < -0.4 is 0 Å². The maximum Gasteiger partial charge on any atom is 0.411 e. The Bertz CT molecular complexity index is 846. The van der Waals surface area contributed by atoms with Crippen molar-refractivity contribution in [1.82, 2.24) is 4.90 Å². The number of hydrogen-bond acceptors (Lipinski definition) is 3. The Kier molecular flexibility index (Phi) is 6.20. The summed E-state index contributed by atoms with van der Waals surface area (Å²) in [5.74, 6) is -0.914. The highest BCUT2D eigenvalue weighted by atomic mass is 35.5. The molecule has 0 radical (unpaired) electrons. The second kappa shape index (κ2) is 8.45. The number of benzene rings is 2. The van der Waals surface area contributed by atoms with Crippen molar-refractivity contribution < 1.29 is 23.4 Å². The van der Waals surface area contributed by atoms with Gasteiger partial charge in [-0.15, -0.1) is 0 Å². The predicted molar refractivity (Wildman–Crippen MR) is 102 cm³/mol. The number of halogens is 3. The highest BCUT2D eigenvalue weighted by molar-refractivity contribution is 6.30. The number of aliphatic hydroxyl groups is 1. The molecule has 1 amide bonds. The van der Waals surface area contributed by atoms with Gasteiger partial charge in [-0.1, -0.05) is 29.8 Å². The smallest absolute Gasteiger partial charge is 0.411 e. The molecule has 4 nitrogen and oxygen atoms in total. The minimum atomic E-state index is -0.922. The molecule has 0 aliphatic carbocycles. The van der Waals surface area contributed by atoms with Crippen LogP contribution >= 0.6 is 11.6 Å². The summed E-state index contributed by atoms with van der Waals surface area (Å²) in [6, 6.07) is 9.92. The molecule has 150 valence electrons. The topological polar surface area (TPSA) is 49.8 Å². The van der Waals surface area contributed by atoms with Crippen LogP contribution in [0, 0.1) is 11.6 Å². The Morgan fingerprint density at radius 2 is 1.96 bits per heavy atom. The predicted octanol–water partition coefficient (Wildman–Crippen LogP) is 5.19. The fourth-order valence-electron chi connectivity index (χ4n) is 3.61. The van der Waals surface area contributed by atoms with E-state index < -0.39 is 23.6 Å². The normalized spacial score (nSPS) is 20.8. The first kappa shape index (κ1) is 20.6. The molecule has 1 saturated heterocycles. The van der Waals surface area contributed by atoms with Crippen LogP contribution in [-0.4, -0.2) is 29.3 Å². The van der Waals surface area contributed by atoms with Crippen molar-refractivity contribution in [3.63, 3.8) is 0 Å². The SMILES string of the molecule is C[C@@H](c1ccc(Cl)c(F)c1)N1CCC(CCCO)(c2ccc(F)cc2)OC1=O. The number of rotatable bonds is 6. The minimum absolute atomic E-state index is 0.0245. The number of carbonyl (C=O) groups is 1. The van der Waals surface area contributed by atoms with Gasteiger partial charge in [-0.05, 0) is 55.2 Å². The highest BCUT2D eigenvalue weighted by Crippen LogP contribution is 2.40. The van der Waals surface area contributed by atoms with Gasteiger partial charge in [0.1, 0.15) is 17.2 Å². The molecular formula is C21H22ClF2NO3. The molecule has 3 rings (SSSR count). The van der Waals surface area contributed by atoms with Gasteiger partial charge in [0.15, 0.2) is 0 Å². The number of cyclic esters (lactones) is 1. The third kappa shape index (κ3) is 4.13. The molecule has 1 heterocycles. The van der Waals surface area contributed by atoms with Crippen molar-refractivity contribution in [2.75, 3.05) is 13.2 Å². The van der Waals surface area contributed by atoms with Crippen molar-refractivity contribution in [1.29, 1.82) is 0 Å². The van der Waals surface area contributed by atoms with Crippen LogP contribution in [0.25, 0.3) is 0 Å². The molecule has 1 aliphatic heterocycles. The average molecular weight is 410 g/mol. The maximum atomic E-state index is 13.8. The standard InChI is InChI=1S/C21H22ClF2NO3/c1-14(15-3-8-18(22)19(24)13-15)25-11-10-21(9-2-12-26,28-20(25)27)16-4-6-17(23)7-5-16/h3-8,13-14,26H,2,9-12H2,1H3/t14-,21?/m0/s1. The van der Waals surface area contributed by atoms with Crippen LogP contribution in [-0.2, 0) is 10.3 Å². The summed E-state index contributed by atoms with van der Waals surface area (Å²) in [6.45, 7) is 2.14. The first-order valence-electron chi connectivity index (χ1n) is 9.18. The van der Waals surface area contributed by atoms with E-state index in [1.165, 1.54) is 29.2 Å². The Morgan fingerprint density at radius 3 is 2.57 bits per heavy atom. The van der Waals surface area contributed by atoms with E-state index in [1.54, 1.807) is 25.1 Å². The second-order valence-electron chi connectivity index (χ2n) is 6.99. The summed E-state index contributed by atoms with van der Waals surface area (Å²) in [4.78, 5) is 14.4. The molecule has 0 bridgehead atoms. The van der Waals surface area contributed by atoms with Crippen LogP contribution in [0.3, 0.4) is 0 Å². The Balaban J connectivity index is 1.83. The Labute approximate surface area is 167 Å². The molecule has 7 heteroatoms. The number of carbonyl (C=O) groups excluding carboxylic acids is 1. The zero-order valence-corrected chi connectivity index (χ0v) is 16.3. The highest BCUT2D eigenvalue weighted by Gasteiger charge is 2.43. The van der Waals surface area contributed by atoms with Crippen molar-refractivity contribution in [3.05, 3.63) is 70.2 Å². The van der Waals surface area contributed by atoms with Gasteiger partial charge in [0.05, 0.1) is 11.1 Å². The number of amides is 1. The van der Waals surface area contributed by atoms with Crippen molar-refractivity contribution in [2.45, 2.75) is 37.8 Å². The van der Waals surface area contributed by atoms with E-state index in [9.17, 15) is 18.7 Å². The summed E-state index contributed by atoms with van der Waals surface area (Å²) in [7, 11) is 0. The molecule has 2 aromatic carbocycles. The van der Waals surface area contributed by atoms with Gasteiger partial charge in [0.25, 0.3) is 0 Å². The number of hydrogen-bond donors (Lipinski definition) is 1. The number of aliphatic hydroxyl groups excluding tert-OH is 1. The van der Waals surface area contributed by atoms with Crippen LogP contribution in [0.15, 0.2) is 42.5 Å². The van der Waals surface area contributed by atoms with Gasteiger partial charge < -0.3 is 14.7 Å². The van der Waals surface area contributed by atoms with Gasteiger partial charge in [-0.3, -0.25) is 0 Å². The van der Waals surface area contributed by atoms with Gasteiger partial charge in [0, 0.05) is 19.6 Å². The largest absolute Gasteiger partial charge is 0.438 e. The lowest BCUT2D eigenvalue weighted by molar-refractivity contribution is -0.0680. The zero-order valence-electron chi connectivity index (χ0n) is 15.5. The van der Waals surface area contributed by atoms with E-state index in [-0.39, 0.29) is 17.4 Å². The molecule has 1 N–H and O–H groups in total. The quantitative estimate of drug-likeness (QED) is 0.714. The lowest BCUT2D eigenvalue weighted by Gasteiger charge is -2.43. The van der Waals surface area contributed by atoms with E-state index >= 15 is 0 Å². The molecule has 0 spiro atoms. The summed E-state index contributed by atoms with van der Waals surface area (Å²) < 4.78 is 33.0. The molecular weight excluding hydrogens is 388 g/mol. The third-order valence-electron chi connectivity index (χ3n) is 5.28. The van der Waals surface area contributed by atoms with Crippen molar-refractivity contribution in [3.8, 4) is 0 Å². The van der Waals surface area contributed by atoms with Gasteiger partial charge in [0.2, 0.25) is 0 Å². The van der Waals surface area contributed by atoms with Gasteiger partial charge >= 0.3 is 6.09 Å². The monoisotopic (exact) mass is 409 g/mol. The van der Waals surface area contributed by atoms with Crippen LogP contribution in [0.2, 0.25) is 5.02 Å². The third-order valence-corrected chi connectivity index (χ3v) is 5.58. The molecule has 0 aromatic heterocycles. The summed E-state index contributed by atoms with van der Waals surface area (Å²) in [5, 5.41) is 9.27. The van der Waals surface area contributed by atoms with Crippen LogP contribution in [0.1, 0.15) is 43.4 Å². The Hall–Kier alpha value is -2.18. The number of nitrogens with zero attached hydrogens (tertiary/aromatic N) is 1. The van der Waals surface area contributed by atoms with E-state index in [1.807, 2.05) is 0 Å². The molecule has 1 fully saturated rings. The lowest BCUT2D eigenvalue weighted by atomic mass is 9.84. The van der Waals surface area contributed by atoms with Crippen molar-refractivity contribution >= 4 is 17.7 Å². The second-order valence-corrected chi connectivity index (χ2v) is 7.40. The van der Waals surface area contributed by atoms with E-state index in [0.717, 1.165) is 0 Å². The first-order chi connectivity index (χ1) is 13.4. The molecule has 0 saturated carbocycles. The van der Waals surface area contributed by atoms with Crippen LogP contribution in [0.5, 0.6) is 0 Å². The van der Waals surface area contributed by atoms with E-state index in [0.29, 0.717) is 36.9 Å². The Morgan fingerprint density at radius 1 is 1.25 bits per heavy atom. The fraction of sp³-hybridized carbons (Fsp3) is 0.381.